The van der Waals surface area contributed by atoms with Crippen LogP contribution in [0, 0.1) is 5.82 Å². The molecule has 0 heterocycles. The van der Waals surface area contributed by atoms with Gasteiger partial charge in [0.2, 0.25) is 0 Å². The van der Waals surface area contributed by atoms with Crippen LogP contribution in [0.15, 0.2) is 24.3 Å². The highest BCUT2D eigenvalue weighted by Crippen LogP contribution is 2.18. The van der Waals surface area contributed by atoms with Gasteiger partial charge in [0.05, 0.1) is 12.3 Å². The second-order valence-corrected chi connectivity index (χ2v) is 4.10. The summed E-state index contributed by atoms with van der Waals surface area (Å²) in [5.74, 6) is -1.69. The molecule has 6 nitrogen and oxygen atoms in total. The highest BCUT2D eigenvalue weighted by Gasteiger charge is 2.22. The molecule has 0 aliphatic carbocycles. The maximum absolute atomic E-state index is 13.6. The zero-order valence-electron chi connectivity index (χ0n) is 11.4. The van der Waals surface area contributed by atoms with E-state index in [1.807, 2.05) is 0 Å². The van der Waals surface area contributed by atoms with Crippen LogP contribution >= 0.6 is 0 Å². The van der Waals surface area contributed by atoms with Crippen molar-refractivity contribution in [3.63, 3.8) is 0 Å². The number of methoxy groups -OCH3 is 1. The van der Waals surface area contributed by atoms with Crippen LogP contribution in [0.1, 0.15) is 0 Å². The zero-order chi connectivity index (χ0) is 15.1. The van der Waals surface area contributed by atoms with E-state index < -0.39 is 24.4 Å². The zero-order valence-corrected chi connectivity index (χ0v) is 11.4. The first-order chi connectivity index (χ1) is 9.47. The van der Waals surface area contributed by atoms with Gasteiger partial charge in [-0.1, -0.05) is 12.1 Å². The summed E-state index contributed by atoms with van der Waals surface area (Å²) in [6, 6.07) is 5.18. The lowest BCUT2D eigenvalue weighted by Crippen LogP contribution is -2.45. The minimum atomic E-state index is -1.14. The largest absolute Gasteiger partial charge is 0.480 e. The number of rotatable bonds is 6. The van der Waals surface area contributed by atoms with Gasteiger partial charge in [-0.15, -0.1) is 0 Å². The molecule has 20 heavy (non-hydrogen) atoms. The summed E-state index contributed by atoms with van der Waals surface area (Å²) in [4.78, 5) is 25.1. The Morgan fingerprint density at radius 2 is 2.00 bits per heavy atom. The molecule has 1 aromatic rings. The second kappa shape index (κ2) is 7.44. The van der Waals surface area contributed by atoms with Gasteiger partial charge in [-0.25, -0.2) is 9.18 Å². The molecular formula is C13H17FN2O4. The first-order valence-corrected chi connectivity index (χ1v) is 5.95. The van der Waals surface area contributed by atoms with Gasteiger partial charge < -0.3 is 14.7 Å². The molecule has 0 saturated heterocycles. The Morgan fingerprint density at radius 1 is 1.35 bits per heavy atom. The number of aliphatic carboxylic acids is 1. The minimum Gasteiger partial charge on any atom is -0.480 e. The van der Waals surface area contributed by atoms with E-state index in [1.165, 1.54) is 32.4 Å². The van der Waals surface area contributed by atoms with Crippen LogP contribution in [0.2, 0.25) is 0 Å². The van der Waals surface area contributed by atoms with Crippen molar-refractivity contribution in [1.82, 2.24) is 4.90 Å². The lowest BCUT2D eigenvalue weighted by Gasteiger charge is -2.27. The number of amides is 2. The Hall–Kier alpha value is -2.15. The molecule has 7 heteroatoms. The van der Waals surface area contributed by atoms with Gasteiger partial charge >= 0.3 is 12.0 Å². The average molecular weight is 284 g/mol. The van der Waals surface area contributed by atoms with Crippen LogP contribution in [0.5, 0.6) is 0 Å². The fourth-order valence-electron chi connectivity index (χ4n) is 1.65. The van der Waals surface area contributed by atoms with Crippen LogP contribution < -0.4 is 4.90 Å². The molecule has 0 bridgehead atoms. The first kappa shape index (κ1) is 15.9. The topological polar surface area (TPSA) is 70.1 Å². The van der Waals surface area contributed by atoms with Gasteiger partial charge in [-0.05, 0) is 12.1 Å². The Morgan fingerprint density at radius 3 is 2.55 bits per heavy atom. The monoisotopic (exact) mass is 284 g/mol. The Balaban J connectivity index is 2.87. The standard InChI is InChI=1S/C13H17FN2O4/c1-15(11-6-4-3-5-10(11)14)13(19)16(7-8-20-2)9-12(17)18/h3-6H,7-9H2,1-2H3,(H,17,18). The Bertz CT molecular complexity index is 481. The first-order valence-electron chi connectivity index (χ1n) is 5.95. The number of carbonyl (C=O) groups is 2. The van der Waals surface area contributed by atoms with Gasteiger partial charge in [-0.3, -0.25) is 9.69 Å². The number of hydrogen-bond donors (Lipinski definition) is 1. The molecule has 0 aliphatic heterocycles. The summed E-state index contributed by atoms with van der Waals surface area (Å²) in [6.07, 6.45) is 0. The fourth-order valence-corrected chi connectivity index (χ4v) is 1.65. The molecule has 0 aromatic heterocycles. The van der Waals surface area contributed by atoms with Crippen LogP contribution in [0.4, 0.5) is 14.9 Å². The minimum absolute atomic E-state index is 0.0882. The van der Waals surface area contributed by atoms with E-state index in [1.54, 1.807) is 6.07 Å². The summed E-state index contributed by atoms with van der Waals surface area (Å²) < 4.78 is 18.5. The van der Waals surface area contributed by atoms with Crippen molar-refractivity contribution in [2.24, 2.45) is 0 Å². The van der Waals surface area contributed by atoms with Crippen LogP contribution in [0.25, 0.3) is 0 Å². The molecule has 0 atom stereocenters. The normalized spacial score (nSPS) is 10.2. The number of para-hydroxylation sites is 1. The molecule has 0 aliphatic rings. The molecule has 0 fully saturated rings. The SMILES string of the molecule is COCCN(CC(=O)O)C(=O)N(C)c1ccccc1F. The lowest BCUT2D eigenvalue weighted by molar-refractivity contribution is -0.137. The van der Waals surface area contributed by atoms with E-state index in [4.69, 9.17) is 9.84 Å². The average Bonchev–Trinajstić information content (AvgIpc) is 2.42. The van der Waals surface area contributed by atoms with Crippen molar-refractivity contribution in [1.29, 1.82) is 0 Å². The molecule has 1 rings (SSSR count). The highest BCUT2D eigenvalue weighted by molar-refractivity contribution is 5.93. The molecule has 110 valence electrons. The third kappa shape index (κ3) is 4.20. The fraction of sp³-hybridized carbons (Fsp3) is 0.385. The van der Waals surface area contributed by atoms with Crippen molar-refractivity contribution in [3.05, 3.63) is 30.1 Å². The maximum atomic E-state index is 13.6. The van der Waals surface area contributed by atoms with Gasteiger partial charge in [0, 0.05) is 20.7 Å². The van der Waals surface area contributed by atoms with E-state index in [0.717, 1.165) is 9.80 Å². The van der Waals surface area contributed by atoms with Crippen molar-refractivity contribution in [3.8, 4) is 0 Å². The Labute approximate surface area is 116 Å². The molecule has 1 N–H and O–H groups in total. The predicted octanol–water partition coefficient (Wildman–Crippen LogP) is 1.41. The van der Waals surface area contributed by atoms with Crippen LogP contribution in [0.3, 0.4) is 0 Å². The number of hydrogen-bond acceptors (Lipinski definition) is 3. The van der Waals surface area contributed by atoms with Gasteiger partial charge in [0.25, 0.3) is 0 Å². The summed E-state index contributed by atoms with van der Waals surface area (Å²) in [5.41, 5.74) is 0.0882. The van der Waals surface area contributed by atoms with Crippen LogP contribution in [-0.4, -0.2) is 55.9 Å². The number of benzene rings is 1. The van der Waals surface area contributed by atoms with Gasteiger partial charge in [-0.2, -0.15) is 0 Å². The van der Waals surface area contributed by atoms with Gasteiger partial charge in [0.15, 0.2) is 0 Å². The molecule has 2 amide bonds. The Kier molecular flexibility index (Phi) is 5.92. The third-order valence-corrected chi connectivity index (χ3v) is 2.66. The van der Waals surface area contributed by atoms with E-state index >= 15 is 0 Å². The third-order valence-electron chi connectivity index (χ3n) is 2.66. The van der Waals surface area contributed by atoms with Gasteiger partial charge in [0.1, 0.15) is 12.4 Å². The molecule has 0 radical (unpaired) electrons. The summed E-state index contributed by atoms with van der Waals surface area (Å²) >= 11 is 0. The van der Waals surface area contributed by atoms with Crippen molar-refractivity contribution in [2.75, 3.05) is 38.8 Å². The molecule has 0 saturated carbocycles. The summed E-state index contributed by atoms with van der Waals surface area (Å²) in [7, 11) is 2.84. The van der Waals surface area contributed by atoms with Crippen molar-refractivity contribution in [2.45, 2.75) is 0 Å². The number of carbonyl (C=O) groups excluding carboxylic acids is 1. The lowest BCUT2D eigenvalue weighted by atomic mass is 10.3. The number of anilines is 1. The maximum Gasteiger partial charge on any atom is 0.324 e. The van der Waals surface area contributed by atoms with Crippen LogP contribution in [-0.2, 0) is 9.53 Å². The molecule has 1 aromatic carbocycles. The summed E-state index contributed by atoms with van der Waals surface area (Å²) in [6.45, 7) is -0.161. The number of halogens is 1. The smallest absolute Gasteiger partial charge is 0.324 e. The number of carboxylic acid groups (broad SMARTS) is 1. The van der Waals surface area contributed by atoms with E-state index in [-0.39, 0.29) is 18.8 Å². The van der Waals surface area contributed by atoms with Crippen molar-refractivity contribution < 1.29 is 23.8 Å². The van der Waals surface area contributed by atoms with Crippen molar-refractivity contribution >= 4 is 17.7 Å². The number of carboxylic acids is 1. The molecule has 0 spiro atoms. The quantitative estimate of drug-likeness (QED) is 0.857. The predicted molar refractivity (Wildman–Crippen MR) is 71.3 cm³/mol. The highest BCUT2D eigenvalue weighted by atomic mass is 19.1. The second-order valence-electron chi connectivity index (χ2n) is 4.10. The van der Waals surface area contributed by atoms with E-state index in [0.29, 0.717) is 0 Å². The van der Waals surface area contributed by atoms with E-state index in [2.05, 4.69) is 0 Å². The number of ether oxygens (including phenoxy) is 1. The number of nitrogens with zero attached hydrogens (tertiary/aromatic N) is 2. The molecule has 0 unspecified atom stereocenters. The van der Waals surface area contributed by atoms with E-state index in [9.17, 15) is 14.0 Å². The summed E-state index contributed by atoms with van der Waals surface area (Å²) in [5, 5.41) is 8.81. The molecular weight excluding hydrogens is 267 g/mol. The number of urea groups is 1.